The molecule has 2 heterocycles. The van der Waals surface area contributed by atoms with Crippen LogP contribution in [0.1, 0.15) is 18.1 Å². The number of nitrogens with zero attached hydrogens (tertiary/aromatic N) is 2. The van der Waals surface area contributed by atoms with E-state index in [-0.39, 0.29) is 5.41 Å². The summed E-state index contributed by atoms with van der Waals surface area (Å²) in [6, 6.07) is 5.62. The molecule has 0 amide bonds. The lowest BCUT2D eigenvalue weighted by atomic mass is 9.88. The van der Waals surface area contributed by atoms with E-state index in [1.54, 1.807) is 10.4 Å². The van der Waals surface area contributed by atoms with Gasteiger partial charge in [0.05, 0.1) is 18.1 Å². The van der Waals surface area contributed by atoms with E-state index >= 15 is 0 Å². The van der Waals surface area contributed by atoms with E-state index in [0.29, 0.717) is 18.0 Å². The number of sulfonamides is 1. The van der Waals surface area contributed by atoms with Crippen LogP contribution in [-0.2, 0) is 14.8 Å². The fraction of sp³-hybridized carbons (Fsp3) is 0.647. The Labute approximate surface area is 139 Å². The monoisotopic (exact) mass is 338 g/mol. The number of piperazine rings is 1. The molecule has 128 valence electrons. The molecule has 0 spiro atoms. The molecule has 5 nitrogen and oxygen atoms in total. The number of aryl methyl sites for hydroxylation is 2. The molecule has 0 radical (unpaired) electrons. The van der Waals surface area contributed by atoms with Crippen LogP contribution in [0.3, 0.4) is 0 Å². The molecule has 1 aromatic rings. The zero-order chi connectivity index (χ0) is 16.7. The predicted octanol–water partition coefficient (Wildman–Crippen LogP) is 1.65. The molecule has 0 atom stereocenters. The van der Waals surface area contributed by atoms with E-state index in [0.717, 1.165) is 44.0 Å². The molecule has 0 aromatic heterocycles. The Morgan fingerprint density at radius 2 is 1.78 bits per heavy atom. The van der Waals surface area contributed by atoms with Crippen LogP contribution in [-0.4, -0.2) is 63.6 Å². The summed E-state index contributed by atoms with van der Waals surface area (Å²) in [6.45, 7) is 11.3. The van der Waals surface area contributed by atoms with Crippen LogP contribution in [0.25, 0.3) is 0 Å². The van der Waals surface area contributed by atoms with Gasteiger partial charge in [0, 0.05) is 38.1 Å². The number of hydrogen-bond acceptors (Lipinski definition) is 4. The molecule has 2 aliphatic heterocycles. The summed E-state index contributed by atoms with van der Waals surface area (Å²) in [5.74, 6) is 0. The van der Waals surface area contributed by atoms with E-state index in [1.807, 2.05) is 26.0 Å². The highest BCUT2D eigenvalue weighted by molar-refractivity contribution is 7.89. The lowest BCUT2D eigenvalue weighted by molar-refractivity contribution is -0.116. The van der Waals surface area contributed by atoms with Gasteiger partial charge in [-0.05, 0) is 31.0 Å². The van der Waals surface area contributed by atoms with Gasteiger partial charge in [0.1, 0.15) is 0 Å². The first kappa shape index (κ1) is 16.9. The summed E-state index contributed by atoms with van der Waals surface area (Å²) in [7, 11) is -3.39. The van der Waals surface area contributed by atoms with Crippen LogP contribution >= 0.6 is 0 Å². The highest BCUT2D eigenvalue weighted by atomic mass is 32.2. The van der Waals surface area contributed by atoms with Crippen LogP contribution in [0.2, 0.25) is 0 Å². The number of ether oxygens (including phenoxy) is 1. The van der Waals surface area contributed by atoms with Crippen molar-refractivity contribution in [3.05, 3.63) is 29.3 Å². The average molecular weight is 338 g/mol. The van der Waals surface area contributed by atoms with E-state index < -0.39 is 10.0 Å². The lowest BCUT2D eigenvalue weighted by Gasteiger charge is -2.44. The highest BCUT2D eigenvalue weighted by Gasteiger charge is 2.37. The van der Waals surface area contributed by atoms with Gasteiger partial charge in [0.2, 0.25) is 10.0 Å². The quantitative estimate of drug-likeness (QED) is 0.838. The van der Waals surface area contributed by atoms with Crippen molar-refractivity contribution in [2.24, 2.45) is 5.41 Å². The minimum absolute atomic E-state index is 0.244. The van der Waals surface area contributed by atoms with Crippen LogP contribution in [0.4, 0.5) is 0 Å². The summed E-state index contributed by atoms with van der Waals surface area (Å²) in [5, 5.41) is 0. The number of rotatable bonds is 4. The fourth-order valence-corrected chi connectivity index (χ4v) is 5.07. The first-order valence-corrected chi connectivity index (χ1v) is 9.62. The predicted molar refractivity (Wildman–Crippen MR) is 90.0 cm³/mol. The van der Waals surface area contributed by atoms with Gasteiger partial charge in [-0.25, -0.2) is 8.42 Å². The third-order valence-electron chi connectivity index (χ3n) is 4.80. The van der Waals surface area contributed by atoms with Gasteiger partial charge in [-0.2, -0.15) is 4.31 Å². The summed E-state index contributed by atoms with van der Waals surface area (Å²) in [5.41, 5.74) is 2.04. The summed E-state index contributed by atoms with van der Waals surface area (Å²) >= 11 is 0. The number of benzene rings is 1. The summed E-state index contributed by atoms with van der Waals surface area (Å²) < 4.78 is 32.7. The van der Waals surface area contributed by atoms with Crippen LogP contribution in [0.15, 0.2) is 23.1 Å². The Balaban J connectivity index is 1.67. The topological polar surface area (TPSA) is 49.9 Å². The second-order valence-electron chi connectivity index (χ2n) is 7.25. The van der Waals surface area contributed by atoms with Gasteiger partial charge in [-0.1, -0.05) is 19.1 Å². The maximum atomic E-state index is 12.9. The molecule has 6 heteroatoms. The minimum Gasteiger partial charge on any atom is -0.380 e. The second kappa shape index (κ2) is 6.16. The third kappa shape index (κ3) is 3.45. The lowest BCUT2D eigenvalue weighted by Crippen LogP contribution is -2.55. The van der Waals surface area contributed by atoms with Crippen molar-refractivity contribution in [2.45, 2.75) is 25.7 Å². The molecule has 0 bridgehead atoms. The molecular formula is C17H26N2O3S. The molecule has 2 saturated heterocycles. The van der Waals surface area contributed by atoms with E-state index in [2.05, 4.69) is 11.8 Å². The Morgan fingerprint density at radius 3 is 2.35 bits per heavy atom. The van der Waals surface area contributed by atoms with Gasteiger partial charge in [0.25, 0.3) is 0 Å². The SMILES string of the molecule is Cc1ccc(C)c(S(=O)(=O)N2CCN(CC3(C)COC3)CC2)c1. The Hall–Kier alpha value is -0.950. The number of hydrogen-bond donors (Lipinski definition) is 0. The molecule has 2 fully saturated rings. The van der Waals surface area contributed by atoms with Crippen molar-refractivity contribution < 1.29 is 13.2 Å². The summed E-state index contributed by atoms with van der Waals surface area (Å²) in [4.78, 5) is 2.81. The zero-order valence-electron chi connectivity index (χ0n) is 14.2. The van der Waals surface area contributed by atoms with Crippen molar-refractivity contribution in [2.75, 3.05) is 45.9 Å². The van der Waals surface area contributed by atoms with Crippen molar-refractivity contribution in [3.63, 3.8) is 0 Å². The van der Waals surface area contributed by atoms with Gasteiger partial charge < -0.3 is 4.74 Å². The summed E-state index contributed by atoms with van der Waals surface area (Å²) in [6.07, 6.45) is 0. The van der Waals surface area contributed by atoms with Crippen molar-refractivity contribution in [3.8, 4) is 0 Å². The van der Waals surface area contributed by atoms with Crippen molar-refractivity contribution in [1.82, 2.24) is 9.21 Å². The molecule has 0 aliphatic carbocycles. The standard InChI is InChI=1S/C17H26N2O3S/c1-14-4-5-15(2)16(10-14)23(20,21)19-8-6-18(7-9-19)11-17(3)12-22-13-17/h4-5,10H,6-9,11-13H2,1-3H3. The third-order valence-corrected chi connectivity index (χ3v) is 6.84. The Bertz CT molecular complexity index is 675. The molecule has 3 rings (SSSR count). The highest BCUT2D eigenvalue weighted by Crippen LogP contribution is 2.28. The van der Waals surface area contributed by atoms with Gasteiger partial charge >= 0.3 is 0 Å². The molecule has 1 aromatic carbocycles. The van der Waals surface area contributed by atoms with Crippen LogP contribution in [0, 0.1) is 19.3 Å². The largest absolute Gasteiger partial charge is 0.380 e. The molecule has 2 aliphatic rings. The molecular weight excluding hydrogens is 312 g/mol. The maximum Gasteiger partial charge on any atom is 0.243 e. The Kier molecular flexibility index (Phi) is 4.53. The van der Waals surface area contributed by atoms with Gasteiger partial charge in [-0.15, -0.1) is 0 Å². The molecule has 23 heavy (non-hydrogen) atoms. The molecule has 0 N–H and O–H groups in total. The molecule has 0 saturated carbocycles. The van der Waals surface area contributed by atoms with Crippen LogP contribution < -0.4 is 0 Å². The van der Waals surface area contributed by atoms with Crippen molar-refractivity contribution >= 4 is 10.0 Å². The molecule has 0 unspecified atom stereocenters. The first-order chi connectivity index (χ1) is 10.8. The normalized spacial score (nSPS) is 22.7. The van der Waals surface area contributed by atoms with Crippen LogP contribution in [0.5, 0.6) is 0 Å². The first-order valence-electron chi connectivity index (χ1n) is 8.18. The smallest absolute Gasteiger partial charge is 0.243 e. The van der Waals surface area contributed by atoms with E-state index in [9.17, 15) is 8.42 Å². The minimum atomic E-state index is -3.39. The second-order valence-corrected chi connectivity index (χ2v) is 9.16. The van der Waals surface area contributed by atoms with E-state index in [4.69, 9.17) is 4.74 Å². The zero-order valence-corrected chi connectivity index (χ0v) is 15.0. The maximum absolute atomic E-state index is 12.9. The fourth-order valence-electron chi connectivity index (χ4n) is 3.33. The van der Waals surface area contributed by atoms with Gasteiger partial charge in [-0.3, -0.25) is 4.90 Å². The van der Waals surface area contributed by atoms with E-state index in [1.165, 1.54) is 0 Å². The van der Waals surface area contributed by atoms with Gasteiger partial charge in [0.15, 0.2) is 0 Å². The Morgan fingerprint density at radius 1 is 1.13 bits per heavy atom. The average Bonchev–Trinajstić information content (AvgIpc) is 2.48. The van der Waals surface area contributed by atoms with Crippen molar-refractivity contribution in [1.29, 1.82) is 0 Å².